The molecule has 1 aliphatic heterocycles. The van der Waals surface area contributed by atoms with Gasteiger partial charge in [0, 0.05) is 44.4 Å². The first kappa shape index (κ1) is 25.6. The highest BCUT2D eigenvalue weighted by Gasteiger charge is 2.27. The topological polar surface area (TPSA) is 140 Å². The van der Waals surface area contributed by atoms with Gasteiger partial charge in [0.15, 0.2) is 0 Å². The average molecular weight is 493 g/mol. The quantitative estimate of drug-likeness (QED) is 0.258. The first-order chi connectivity index (χ1) is 16.3. The molecule has 0 spiro atoms. The number of amides is 1. The van der Waals surface area contributed by atoms with Crippen LogP contribution in [0.25, 0.3) is 0 Å². The number of anilines is 1. The van der Waals surface area contributed by atoms with Gasteiger partial charge >= 0.3 is 0 Å². The van der Waals surface area contributed by atoms with Crippen molar-refractivity contribution < 1.29 is 27.6 Å². The van der Waals surface area contributed by atoms with Gasteiger partial charge in [0.1, 0.15) is 5.69 Å². The van der Waals surface area contributed by atoms with Crippen LogP contribution in [0.5, 0.6) is 0 Å². The Morgan fingerprint density at radius 1 is 1.18 bits per heavy atom. The van der Waals surface area contributed by atoms with Crippen LogP contribution in [0.3, 0.4) is 0 Å². The number of likely N-dealkylation sites (tertiary alicyclic amines) is 1. The minimum atomic E-state index is -4.30. The van der Waals surface area contributed by atoms with Crippen LogP contribution in [0.15, 0.2) is 53.4 Å². The number of sulfonamides is 1. The summed E-state index contributed by atoms with van der Waals surface area (Å²) >= 11 is 0. The van der Waals surface area contributed by atoms with Crippen LogP contribution in [0, 0.1) is 10.1 Å². The van der Waals surface area contributed by atoms with Crippen molar-refractivity contribution in [1.82, 2.24) is 9.62 Å². The fourth-order valence-corrected chi connectivity index (χ4v) is 4.59. The number of rotatable bonds is 12. The summed E-state index contributed by atoms with van der Waals surface area (Å²) in [6.45, 7) is 3.86. The highest BCUT2D eigenvalue weighted by molar-refractivity contribution is 7.90. The predicted octanol–water partition coefficient (Wildman–Crippen LogP) is 1.86. The first-order valence-electron chi connectivity index (χ1n) is 10.8. The van der Waals surface area contributed by atoms with Gasteiger partial charge in [-0.05, 0) is 30.7 Å². The summed E-state index contributed by atoms with van der Waals surface area (Å²) in [4.78, 5) is 25.1. The Bertz CT molecular complexity index is 1100. The molecule has 34 heavy (non-hydrogen) atoms. The Labute approximate surface area is 198 Å². The summed E-state index contributed by atoms with van der Waals surface area (Å²) in [5.74, 6) is -0.817. The van der Waals surface area contributed by atoms with Gasteiger partial charge in [-0.3, -0.25) is 19.8 Å². The van der Waals surface area contributed by atoms with E-state index in [4.69, 9.17) is 9.47 Å². The van der Waals surface area contributed by atoms with Crippen LogP contribution in [0.1, 0.15) is 16.8 Å². The van der Waals surface area contributed by atoms with E-state index in [1.807, 2.05) is 4.72 Å². The Morgan fingerprint density at radius 3 is 2.65 bits per heavy atom. The number of nitro benzene ring substituents is 1. The van der Waals surface area contributed by atoms with Crippen LogP contribution in [0.4, 0.5) is 11.4 Å². The lowest BCUT2D eigenvalue weighted by molar-refractivity contribution is -0.384. The number of carbonyl (C=O) groups excluding carboxylic acids is 1. The van der Waals surface area contributed by atoms with Gasteiger partial charge in [0.05, 0.1) is 29.6 Å². The molecular weight excluding hydrogens is 464 g/mol. The lowest BCUT2D eigenvalue weighted by Crippen LogP contribution is -2.31. The zero-order chi connectivity index (χ0) is 24.6. The number of ether oxygens (including phenoxy) is 2. The van der Waals surface area contributed by atoms with E-state index in [1.165, 1.54) is 24.3 Å². The van der Waals surface area contributed by atoms with E-state index in [-0.39, 0.29) is 27.9 Å². The number of hydrogen-bond acceptors (Lipinski definition) is 9. The van der Waals surface area contributed by atoms with Crippen molar-refractivity contribution in [1.29, 1.82) is 0 Å². The number of carbonyl (C=O) groups is 1. The van der Waals surface area contributed by atoms with Gasteiger partial charge in [-0.15, -0.1) is 0 Å². The van der Waals surface area contributed by atoms with Gasteiger partial charge in [0.25, 0.3) is 21.6 Å². The molecule has 11 nitrogen and oxygen atoms in total. The lowest BCUT2D eigenvalue weighted by Gasteiger charge is -2.17. The summed E-state index contributed by atoms with van der Waals surface area (Å²) in [5.41, 5.74) is 0.00617. The molecule has 1 atom stereocenters. The molecule has 3 rings (SSSR count). The van der Waals surface area contributed by atoms with Gasteiger partial charge < -0.3 is 14.8 Å². The zero-order valence-electron chi connectivity index (χ0n) is 18.8. The zero-order valence-corrected chi connectivity index (χ0v) is 19.6. The molecule has 184 valence electrons. The number of methoxy groups -OCH3 is 1. The third-order valence-electron chi connectivity index (χ3n) is 5.35. The fourth-order valence-electron chi connectivity index (χ4n) is 3.59. The van der Waals surface area contributed by atoms with Crippen LogP contribution >= 0.6 is 0 Å². The van der Waals surface area contributed by atoms with Crippen molar-refractivity contribution in [3.05, 3.63) is 64.2 Å². The minimum absolute atomic E-state index is 0.0297. The normalized spacial score (nSPS) is 16.3. The molecule has 2 N–H and O–H groups in total. The molecular formula is C22H28N4O7S. The van der Waals surface area contributed by atoms with Crippen LogP contribution in [-0.4, -0.2) is 76.8 Å². The lowest BCUT2D eigenvalue weighted by atomic mass is 10.2. The number of nitrogens with one attached hydrogen (secondary N) is 2. The van der Waals surface area contributed by atoms with Crippen molar-refractivity contribution in [2.24, 2.45) is 0 Å². The molecule has 0 radical (unpaired) electrons. The second-order valence-corrected chi connectivity index (χ2v) is 9.45. The summed E-state index contributed by atoms with van der Waals surface area (Å²) < 4.78 is 37.7. The molecule has 1 aliphatic rings. The second-order valence-electron chi connectivity index (χ2n) is 7.77. The van der Waals surface area contributed by atoms with Crippen molar-refractivity contribution in [2.45, 2.75) is 17.4 Å². The fraction of sp³-hybridized carbons (Fsp3) is 0.409. The summed E-state index contributed by atoms with van der Waals surface area (Å²) in [6, 6.07) is 11.4. The molecule has 0 unspecified atom stereocenters. The van der Waals surface area contributed by atoms with Gasteiger partial charge in [0.2, 0.25) is 0 Å². The van der Waals surface area contributed by atoms with E-state index in [0.717, 1.165) is 25.6 Å². The smallest absolute Gasteiger partial charge is 0.293 e. The van der Waals surface area contributed by atoms with E-state index >= 15 is 0 Å². The Balaban J connectivity index is 1.64. The Kier molecular flexibility index (Phi) is 8.93. The van der Waals surface area contributed by atoms with Crippen LogP contribution in [0.2, 0.25) is 0 Å². The van der Waals surface area contributed by atoms with Crippen LogP contribution in [-0.2, 0) is 19.5 Å². The predicted molar refractivity (Wildman–Crippen MR) is 125 cm³/mol. The summed E-state index contributed by atoms with van der Waals surface area (Å²) in [5, 5.41) is 14.8. The van der Waals surface area contributed by atoms with Crippen molar-refractivity contribution in [2.75, 3.05) is 51.9 Å². The summed E-state index contributed by atoms with van der Waals surface area (Å²) in [6.07, 6.45) is 0.780. The molecule has 1 fully saturated rings. The molecule has 1 amide bonds. The van der Waals surface area contributed by atoms with E-state index in [0.29, 0.717) is 26.4 Å². The largest absolute Gasteiger partial charge is 0.382 e. The third-order valence-corrected chi connectivity index (χ3v) is 6.68. The Hall–Kier alpha value is -3.06. The second kappa shape index (κ2) is 11.9. The number of nitrogens with zero attached hydrogens (tertiary/aromatic N) is 2. The van der Waals surface area contributed by atoms with Gasteiger partial charge in [-0.2, -0.15) is 0 Å². The molecule has 0 aromatic heterocycles. The van der Waals surface area contributed by atoms with Gasteiger partial charge in [-0.1, -0.05) is 18.2 Å². The average Bonchev–Trinajstić information content (AvgIpc) is 3.26. The Morgan fingerprint density at radius 2 is 1.94 bits per heavy atom. The molecule has 0 saturated carbocycles. The van der Waals surface area contributed by atoms with E-state index < -0.39 is 20.9 Å². The molecule has 0 bridgehead atoms. The number of benzene rings is 2. The SMILES string of the molecule is COCCOCCN1CC[C@@H](Nc2ccc(S(=O)(=O)NC(=O)c3ccccc3)cc2[N+](=O)[O-])C1. The number of hydrogen-bond donors (Lipinski definition) is 2. The summed E-state index contributed by atoms with van der Waals surface area (Å²) in [7, 11) is -2.68. The monoisotopic (exact) mass is 492 g/mol. The van der Waals surface area contributed by atoms with Crippen molar-refractivity contribution in [3.63, 3.8) is 0 Å². The third kappa shape index (κ3) is 6.97. The maximum absolute atomic E-state index is 12.7. The first-order valence-corrected chi connectivity index (χ1v) is 12.2. The molecule has 1 saturated heterocycles. The van der Waals surface area contributed by atoms with Crippen LogP contribution < -0.4 is 10.0 Å². The van der Waals surface area contributed by atoms with Gasteiger partial charge in [-0.25, -0.2) is 13.1 Å². The van der Waals surface area contributed by atoms with E-state index in [1.54, 1.807) is 25.3 Å². The molecule has 2 aromatic carbocycles. The highest BCUT2D eigenvalue weighted by atomic mass is 32.2. The van der Waals surface area contributed by atoms with Crippen molar-refractivity contribution in [3.8, 4) is 0 Å². The maximum Gasteiger partial charge on any atom is 0.293 e. The van der Waals surface area contributed by atoms with Crippen molar-refractivity contribution >= 4 is 27.3 Å². The molecule has 12 heteroatoms. The maximum atomic E-state index is 12.7. The van der Waals surface area contributed by atoms with E-state index in [2.05, 4.69) is 10.2 Å². The minimum Gasteiger partial charge on any atom is -0.382 e. The standard InChI is InChI=1S/C22H28N4O7S/c1-32-13-14-33-12-11-25-10-9-18(16-25)23-20-8-7-19(15-21(20)26(28)29)34(30,31)24-22(27)17-5-3-2-4-6-17/h2-8,15,18,23H,9-14,16H2,1H3,(H,24,27)/t18-/m1/s1. The van der Waals surface area contributed by atoms with E-state index in [9.17, 15) is 23.3 Å². The molecule has 1 heterocycles. The number of nitro groups is 1. The molecule has 2 aromatic rings. The molecule has 0 aliphatic carbocycles. The highest BCUT2D eigenvalue weighted by Crippen LogP contribution is 2.29.